The summed E-state index contributed by atoms with van der Waals surface area (Å²) in [6.45, 7) is 0. The van der Waals surface area contributed by atoms with Crippen molar-refractivity contribution < 1.29 is 4.79 Å². The molecule has 1 amide bonds. The fourth-order valence-electron chi connectivity index (χ4n) is 2.19. The number of aromatic amines is 1. The lowest BCUT2D eigenvalue weighted by atomic mass is 10.1. The monoisotopic (exact) mass is 317 g/mol. The molecule has 1 aromatic carbocycles. The minimum Gasteiger partial charge on any atom is -0.354 e. The van der Waals surface area contributed by atoms with Gasteiger partial charge in [-0.1, -0.05) is 35.9 Å². The number of nitrogens with zero attached hydrogens (tertiary/aromatic N) is 1. The first kappa shape index (κ1) is 16.3. The van der Waals surface area contributed by atoms with E-state index in [0.717, 1.165) is 41.8 Å². The Labute approximate surface area is 135 Å². The number of hydrogen-bond donors (Lipinski definition) is 2. The van der Waals surface area contributed by atoms with Gasteiger partial charge in [-0.05, 0) is 43.4 Å². The highest BCUT2D eigenvalue weighted by Crippen LogP contribution is 2.13. The Balaban J connectivity index is 1.72. The maximum Gasteiger partial charge on any atom is 0.269 e. The van der Waals surface area contributed by atoms with Crippen LogP contribution in [0.15, 0.2) is 36.5 Å². The Morgan fingerprint density at radius 1 is 1.32 bits per heavy atom. The van der Waals surface area contributed by atoms with Crippen molar-refractivity contribution in [2.45, 2.75) is 25.7 Å². The van der Waals surface area contributed by atoms with E-state index in [2.05, 4.69) is 27.7 Å². The molecule has 0 bridgehead atoms. The van der Waals surface area contributed by atoms with Gasteiger partial charge in [-0.3, -0.25) is 9.89 Å². The fraction of sp³-hybridized carbons (Fsp3) is 0.294. The molecule has 116 valence electrons. The molecule has 5 heteroatoms. The van der Waals surface area contributed by atoms with Crippen LogP contribution in [-0.4, -0.2) is 23.2 Å². The van der Waals surface area contributed by atoms with E-state index in [1.165, 1.54) is 0 Å². The number of rotatable bonds is 7. The quantitative estimate of drug-likeness (QED) is 0.762. The second kappa shape index (κ2) is 8.39. The van der Waals surface area contributed by atoms with Crippen LogP contribution in [0.4, 0.5) is 0 Å². The molecule has 0 atom stereocenters. The number of hydrogen-bond acceptors (Lipinski definition) is 2. The minimum atomic E-state index is -0.116. The van der Waals surface area contributed by atoms with E-state index in [1.807, 2.05) is 24.3 Å². The number of amides is 1. The zero-order valence-corrected chi connectivity index (χ0v) is 13.4. The van der Waals surface area contributed by atoms with Gasteiger partial charge in [0.1, 0.15) is 5.69 Å². The average molecular weight is 318 g/mol. The summed E-state index contributed by atoms with van der Waals surface area (Å²) >= 11 is 5.85. The Bertz CT molecular complexity index is 632. The maximum atomic E-state index is 11.6. The molecule has 0 unspecified atom stereocenters. The van der Waals surface area contributed by atoms with E-state index in [0.29, 0.717) is 5.69 Å². The normalized spacial score (nSPS) is 11.0. The highest BCUT2D eigenvalue weighted by Gasteiger charge is 2.11. The molecule has 0 spiro atoms. The molecule has 2 aromatic rings. The molecular weight excluding hydrogens is 298 g/mol. The standard InChI is InChI=1S/C17H20ClN3O/c1-19-17(22)16-14(12-20-21-16)7-5-3-2-4-6-13-8-10-15(18)11-9-13/h4,6,8-12H,2-3,5,7H2,1H3,(H,19,22)(H,20,21)/b6-4-. The lowest BCUT2D eigenvalue weighted by Gasteiger charge is -2.01. The van der Waals surface area contributed by atoms with E-state index in [9.17, 15) is 4.79 Å². The molecule has 0 fully saturated rings. The zero-order chi connectivity index (χ0) is 15.8. The number of benzene rings is 1. The smallest absolute Gasteiger partial charge is 0.269 e. The average Bonchev–Trinajstić information content (AvgIpc) is 3.00. The van der Waals surface area contributed by atoms with Crippen LogP contribution < -0.4 is 5.32 Å². The second-order valence-corrected chi connectivity index (χ2v) is 5.49. The first-order valence-corrected chi connectivity index (χ1v) is 7.75. The van der Waals surface area contributed by atoms with E-state index in [4.69, 9.17) is 11.6 Å². The molecule has 0 radical (unpaired) electrons. The third-order valence-electron chi connectivity index (χ3n) is 3.42. The van der Waals surface area contributed by atoms with Crippen molar-refractivity contribution in [1.82, 2.24) is 15.5 Å². The number of H-pyrrole nitrogens is 1. The van der Waals surface area contributed by atoms with Crippen molar-refractivity contribution in [1.29, 1.82) is 0 Å². The van der Waals surface area contributed by atoms with Crippen LogP contribution in [0.25, 0.3) is 6.08 Å². The van der Waals surface area contributed by atoms with Gasteiger partial charge in [0, 0.05) is 17.6 Å². The van der Waals surface area contributed by atoms with Crippen LogP contribution in [-0.2, 0) is 6.42 Å². The minimum absolute atomic E-state index is 0.116. The van der Waals surface area contributed by atoms with Crippen LogP contribution in [0.3, 0.4) is 0 Å². The summed E-state index contributed by atoms with van der Waals surface area (Å²) in [6.07, 6.45) is 9.96. The van der Waals surface area contributed by atoms with Gasteiger partial charge in [0.25, 0.3) is 5.91 Å². The molecule has 2 rings (SSSR count). The third kappa shape index (κ3) is 4.74. The molecule has 1 heterocycles. The predicted molar refractivity (Wildman–Crippen MR) is 90.0 cm³/mol. The van der Waals surface area contributed by atoms with Gasteiger partial charge < -0.3 is 5.32 Å². The summed E-state index contributed by atoms with van der Waals surface area (Å²) in [4.78, 5) is 11.6. The summed E-state index contributed by atoms with van der Waals surface area (Å²) in [6, 6.07) is 7.78. The summed E-state index contributed by atoms with van der Waals surface area (Å²) in [5, 5.41) is 10.1. The van der Waals surface area contributed by atoms with Crippen molar-refractivity contribution in [3.63, 3.8) is 0 Å². The fourth-order valence-corrected chi connectivity index (χ4v) is 2.32. The number of aryl methyl sites for hydroxylation is 1. The second-order valence-electron chi connectivity index (χ2n) is 5.05. The molecule has 2 N–H and O–H groups in total. The topological polar surface area (TPSA) is 57.8 Å². The Hall–Kier alpha value is -2.07. The van der Waals surface area contributed by atoms with Crippen LogP contribution in [0.5, 0.6) is 0 Å². The summed E-state index contributed by atoms with van der Waals surface area (Å²) < 4.78 is 0. The first-order chi connectivity index (χ1) is 10.7. The number of halogens is 1. The van der Waals surface area contributed by atoms with E-state index < -0.39 is 0 Å². The molecule has 4 nitrogen and oxygen atoms in total. The van der Waals surface area contributed by atoms with Crippen LogP contribution in [0.1, 0.15) is 40.9 Å². The number of carbonyl (C=O) groups excluding carboxylic acids is 1. The van der Waals surface area contributed by atoms with Crippen molar-refractivity contribution >= 4 is 23.6 Å². The van der Waals surface area contributed by atoms with E-state index in [-0.39, 0.29) is 5.91 Å². The lowest BCUT2D eigenvalue weighted by molar-refractivity contribution is 0.0957. The molecule has 1 aromatic heterocycles. The number of nitrogens with one attached hydrogen (secondary N) is 2. The summed E-state index contributed by atoms with van der Waals surface area (Å²) in [5.74, 6) is -0.116. The van der Waals surface area contributed by atoms with E-state index >= 15 is 0 Å². The molecule has 22 heavy (non-hydrogen) atoms. The largest absolute Gasteiger partial charge is 0.354 e. The lowest BCUT2D eigenvalue weighted by Crippen LogP contribution is -2.19. The molecule has 0 aliphatic heterocycles. The Morgan fingerprint density at radius 3 is 2.82 bits per heavy atom. The number of unbranched alkanes of at least 4 members (excludes halogenated alkanes) is 2. The molecule has 0 saturated heterocycles. The highest BCUT2D eigenvalue weighted by atomic mass is 35.5. The van der Waals surface area contributed by atoms with Gasteiger partial charge in [-0.15, -0.1) is 0 Å². The van der Waals surface area contributed by atoms with Crippen molar-refractivity contribution in [3.8, 4) is 0 Å². The Morgan fingerprint density at radius 2 is 2.09 bits per heavy atom. The maximum absolute atomic E-state index is 11.6. The number of allylic oxidation sites excluding steroid dienone is 1. The van der Waals surface area contributed by atoms with Crippen LogP contribution in [0.2, 0.25) is 5.02 Å². The summed E-state index contributed by atoms with van der Waals surface area (Å²) in [7, 11) is 1.62. The molecule has 0 saturated carbocycles. The van der Waals surface area contributed by atoms with Gasteiger partial charge in [0.05, 0.1) is 6.20 Å². The van der Waals surface area contributed by atoms with Gasteiger partial charge >= 0.3 is 0 Å². The van der Waals surface area contributed by atoms with Crippen molar-refractivity contribution in [2.24, 2.45) is 0 Å². The summed E-state index contributed by atoms with van der Waals surface area (Å²) in [5.41, 5.74) is 2.70. The SMILES string of the molecule is CNC(=O)c1[nH]ncc1CCCC/C=C\c1ccc(Cl)cc1. The van der Waals surface area contributed by atoms with Crippen molar-refractivity contribution in [3.05, 3.63) is 58.4 Å². The van der Waals surface area contributed by atoms with Gasteiger partial charge in [-0.25, -0.2) is 0 Å². The van der Waals surface area contributed by atoms with Gasteiger partial charge in [0.15, 0.2) is 0 Å². The number of aromatic nitrogens is 2. The third-order valence-corrected chi connectivity index (χ3v) is 3.67. The Kier molecular flexibility index (Phi) is 6.22. The predicted octanol–water partition coefficient (Wildman–Crippen LogP) is 3.85. The molecule has 0 aliphatic rings. The zero-order valence-electron chi connectivity index (χ0n) is 12.6. The van der Waals surface area contributed by atoms with Crippen LogP contribution in [0, 0.1) is 0 Å². The first-order valence-electron chi connectivity index (χ1n) is 7.37. The number of carbonyl (C=O) groups is 1. The van der Waals surface area contributed by atoms with Gasteiger partial charge in [0.2, 0.25) is 0 Å². The molecular formula is C17H20ClN3O. The van der Waals surface area contributed by atoms with E-state index in [1.54, 1.807) is 13.2 Å². The molecule has 0 aliphatic carbocycles. The van der Waals surface area contributed by atoms with Crippen molar-refractivity contribution in [2.75, 3.05) is 7.05 Å². The van der Waals surface area contributed by atoms with Gasteiger partial charge in [-0.2, -0.15) is 5.10 Å². The highest BCUT2D eigenvalue weighted by molar-refractivity contribution is 6.30. The van der Waals surface area contributed by atoms with Crippen LogP contribution >= 0.6 is 11.6 Å².